The highest BCUT2D eigenvalue weighted by Gasteiger charge is 2.23. The molecule has 0 radical (unpaired) electrons. The zero-order chi connectivity index (χ0) is 28.1. The van der Waals surface area contributed by atoms with Crippen LogP contribution in [0.25, 0.3) is 16.7 Å². The van der Waals surface area contributed by atoms with E-state index in [1.807, 2.05) is 19.9 Å². The molecule has 0 aliphatic rings. The van der Waals surface area contributed by atoms with E-state index in [2.05, 4.69) is 4.99 Å². The van der Waals surface area contributed by atoms with Gasteiger partial charge in [0.05, 0.1) is 16.9 Å². The molecule has 0 aliphatic heterocycles. The number of carbonyl (C=O) groups excluding carboxylic acids is 2. The molecule has 39 heavy (non-hydrogen) atoms. The van der Waals surface area contributed by atoms with Crippen LogP contribution < -0.4 is 11.0 Å². The summed E-state index contributed by atoms with van der Waals surface area (Å²) in [6.45, 7) is 6.35. The Labute approximate surface area is 222 Å². The number of hydrogen-bond acceptors (Lipinski definition) is 8. The number of nitro benzene ring substituents is 1. The molecular formula is C27H27N5O7. The van der Waals surface area contributed by atoms with Crippen molar-refractivity contribution < 1.29 is 24.0 Å². The Morgan fingerprint density at radius 2 is 1.85 bits per heavy atom. The number of nitro groups is 1. The van der Waals surface area contributed by atoms with E-state index >= 15 is 0 Å². The van der Waals surface area contributed by atoms with Crippen LogP contribution in [0, 0.1) is 17.0 Å². The third-order valence-electron chi connectivity index (χ3n) is 6.01. The molecule has 0 unspecified atom stereocenters. The number of benzene rings is 1. The lowest BCUT2D eigenvalue weighted by atomic mass is 10.1. The molecule has 1 amide bonds. The first-order chi connectivity index (χ1) is 18.8. The molecule has 0 spiro atoms. The highest BCUT2D eigenvalue weighted by molar-refractivity contribution is 6.00. The van der Waals surface area contributed by atoms with Gasteiger partial charge in [-0.2, -0.15) is 4.99 Å². The smallest absolute Gasteiger partial charge is 0.341 e. The summed E-state index contributed by atoms with van der Waals surface area (Å²) in [7, 11) is 0. The maximum atomic E-state index is 13.5. The Kier molecular flexibility index (Phi) is 8.25. The summed E-state index contributed by atoms with van der Waals surface area (Å²) in [4.78, 5) is 59.7. The predicted octanol–water partition coefficient (Wildman–Crippen LogP) is 3.21. The van der Waals surface area contributed by atoms with Crippen molar-refractivity contribution in [3.05, 3.63) is 91.3 Å². The Bertz CT molecular complexity index is 1720. The van der Waals surface area contributed by atoms with Crippen LogP contribution in [0.1, 0.15) is 46.5 Å². The molecule has 0 fully saturated rings. The Morgan fingerprint density at radius 1 is 1.08 bits per heavy atom. The maximum absolute atomic E-state index is 13.5. The van der Waals surface area contributed by atoms with Crippen LogP contribution in [0.4, 0.5) is 5.69 Å². The summed E-state index contributed by atoms with van der Waals surface area (Å²) in [5, 5.41) is 11.7. The van der Waals surface area contributed by atoms with E-state index in [0.29, 0.717) is 25.3 Å². The summed E-state index contributed by atoms with van der Waals surface area (Å²) in [6, 6.07) is 10.2. The minimum atomic E-state index is -0.931. The Morgan fingerprint density at radius 3 is 2.56 bits per heavy atom. The number of aromatic nitrogens is 3. The number of pyridine rings is 2. The van der Waals surface area contributed by atoms with Crippen molar-refractivity contribution in [3.8, 4) is 0 Å². The molecule has 0 aliphatic carbocycles. The molecule has 0 bridgehead atoms. The summed E-state index contributed by atoms with van der Waals surface area (Å²) in [6.07, 6.45) is 2.02. The zero-order valence-electron chi connectivity index (χ0n) is 21.7. The van der Waals surface area contributed by atoms with Gasteiger partial charge in [0.1, 0.15) is 22.4 Å². The van der Waals surface area contributed by atoms with Crippen molar-refractivity contribution in [1.82, 2.24) is 14.0 Å². The fraction of sp³-hybridized carbons (Fsp3) is 0.296. The second kappa shape index (κ2) is 11.8. The van der Waals surface area contributed by atoms with Gasteiger partial charge in [-0.05, 0) is 51.0 Å². The molecule has 3 aromatic heterocycles. The lowest BCUT2D eigenvalue weighted by molar-refractivity contribution is -0.385. The number of carbonyl (C=O) groups is 2. The number of rotatable bonds is 9. The molecule has 3 heterocycles. The Balaban J connectivity index is 2.11. The van der Waals surface area contributed by atoms with Crippen LogP contribution in [0.2, 0.25) is 0 Å². The molecule has 12 nitrogen and oxygen atoms in total. The zero-order valence-corrected chi connectivity index (χ0v) is 21.7. The van der Waals surface area contributed by atoms with Crippen LogP contribution in [-0.2, 0) is 16.0 Å². The van der Waals surface area contributed by atoms with E-state index in [4.69, 9.17) is 14.5 Å². The fourth-order valence-corrected chi connectivity index (χ4v) is 4.22. The molecule has 0 atom stereocenters. The molecule has 202 valence electrons. The van der Waals surface area contributed by atoms with Crippen LogP contribution >= 0.6 is 0 Å². The topological polar surface area (TPSA) is 147 Å². The van der Waals surface area contributed by atoms with Crippen molar-refractivity contribution in [3.63, 3.8) is 0 Å². The lowest BCUT2D eigenvalue weighted by Gasteiger charge is -2.15. The highest BCUT2D eigenvalue weighted by atomic mass is 16.6. The van der Waals surface area contributed by atoms with Crippen molar-refractivity contribution in [2.75, 3.05) is 19.8 Å². The second-order valence-electron chi connectivity index (χ2n) is 8.53. The summed E-state index contributed by atoms with van der Waals surface area (Å²) >= 11 is 0. The van der Waals surface area contributed by atoms with Crippen LogP contribution in [0.3, 0.4) is 0 Å². The van der Waals surface area contributed by atoms with Crippen molar-refractivity contribution in [2.45, 2.75) is 33.7 Å². The van der Waals surface area contributed by atoms with Gasteiger partial charge >= 0.3 is 5.97 Å². The molecular weight excluding hydrogens is 506 g/mol. The standard InChI is InChI=1S/C27H27N5O7/c1-4-38-15-9-14-30-23-19(26(34)31-13-8-10-17(3)22(31)28-23)16-20(27(35)39-5-2)24(30)29-25(33)18-11-6-7-12-21(18)32(36)37/h6-8,10-13,16H,4-5,9,14-15H2,1-3H3. The van der Waals surface area contributed by atoms with Gasteiger partial charge < -0.3 is 14.0 Å². The number of aryl methyl sites for hydroxylation is 2. The van der Waals surface area contributed by atoms with E-state index < -0.39 is 28.0 Å². The van der Waals surface area contributed by atoms with Crippen molar-refractivity contribution in [2.24, 2.45) is 4.99 Å². The first-order valence-corrected chi connectivity index (χ1v) is 12.4. The number of para-hydroxylation sites is 1. The molecule has 4 aromatic rings. The molecule has 4 rings (SSSR count). The number of nitrogens with zero attached hydrogens (tertiary/aromatic N) is 5. The molecule has 0 N–H and O–H groups in total. The van der Waals surface area contributed by atoms with Gasteiger partial charge in [0.15, 0.2) is 5.49 Å². The number of ether oxygens (including phenoxy) is 2. The quantitative estimate of drug-likeness (QED) is 0.105. The van der Waals surface area contributed by atoms with Gasteiger partial charge in [-0.15, -0.1) is 0 Å². The minimum Gasteiger partial charge on any atom is -0.462 e. The molecule has 0 saturated heterocycles. The van der Waals surface area contributed by atoms with Crippen LogP contribution in [0.5, 0.6) is 0 Å². The number of amides is 1. The first kappa shape index (κ1) is 27.3. The maximum Gasteiger partial charge on any atom is 0.341 e. The van der Waals surface area contributed by atoms with E-state index in [1.54, 1.807) is 19.2 Å². The number of hydrogen-bond donors (Lipinski definition) is 0. The highest BCUT2D eigenvalue weighted by Crippen LogP contribution is 2.19. The first-order valence-electron chi connectivity index (χ1n) is 12.4. The summed E-state index contributed by atoms with van der Waals surface area (Å²) in [5.41, 5.74) is -0.0158. The third-order valence-corrected chi connectivity index (χ3v) is 6.01. The SMILES string of the molecule is CCOCCCn1c(=NC(=O)c2ccccc2[N+](=O)[O-])c(C(=O)OCC)cc2c(=O)n3cccc(C)c3nc21. The van der Waals surface area contributed by atoms with E-state index in [-0.39, 0.29) is 40.8 Å². The van der Waals surface area contributed by atoms with Gasteiger partial charge in [-0.1, -0.05) is 18.2 Å². The second-order valence-corrected chi connectivity index (χ2v) is 8.53. The average molecular weight is 534 g/mol. The largest absolute Gasteiger partial charge is 0.462 e. The third kappa shape index (κ3) is 5.46. The van der Waals surface area contributed by atoms with E-state index in [1.165, 1.54) is 39.3 Å². The average Bonchev–Trinajstić information content (AvgIpc) is 2.92. The van der Waals surface area contributed by atoms with E-state index in [0.717, 1.165) is 5.56 Å². The van der Waals surface area contributed by atoms with Crippen LogP contribution in [0.15, 0.2) is 58.4 Å². The van der Waals surface area contributed by atoms with Crippen LogP contribution in [-0.4, -0.2) is 50.6 Å². The monoisotopic (exact) mass is 533 g/mol. The summed E-state index contributed by atoms with van der Waals surface area (Å²) < 4.78 is 13.6. The number of esters is 1. The minimum absolute atomic E-state index is 0.0346. The Hall–Kier alpha value is -4.71. The molecule has 12 heteroatoms. The number of fused-ring (bicyclic) bond motifs is 2. The predicted molar refractivity (Wildman–Crippen MR) is 142 cm³/mol. The van der Waals surface area contributed by atoms with Crippen molar-refractivity contribution >= 4 is 34.2 Å². The van der Waals surface area contributed by atoms with Crippen molar-refractivity contribution in [1.29, 1.82) is 0 Å². The summed E-state index contributed by atoms with van der Waals surface area (Å²) in [5.74, 6) is -1.74. The van der Waals surface area contributed by atoms with Gasteiger partial charge in [-0.3, -0.25) is 24.1 Å². The van der Waals surface area contributed by atoms with Gasteiger partial charge in [-0.25, -0.2) is 9.78 Å². The van der Waals surface area contributed by atoms with Gasteiger partial charge in [0.25, 0.3) is 17.2 Å². The fourth-order valence-electron chi connectivity index (χ4n) is 4.22. The van der Waals surface area contributed by atoms with E-state index in [9.17, 15) is 24.5 Å². The van der Waals surface area contributed by atoms with Gasteiger partial charge in [0.2, 0.25) is 0 Å². The van der Waals surface area contributed by atoms with Gasteiger partial charge in [0, 0.05) is 32.0 Å². The molecule has 0 saturated carbocycles. The lowest BCUT2D eigenvalue weighted by Crippen LogP contribution is -2.33. The normalized spacial score (nSPS) is 11.7. The molecule has 1 aromatic carbocycles.